The van der Waals surface area contributed by atoms with Gasteiger partial charge in [-0.25, -0.2) is 4.98 Å². The zero-order valence-corrected chi connectivity index (χ0v) is 22.4. The van der Waals surface area contributed by atoms with Gasteiger partial charge in [-0.1, -0.05) is 41.1 Å². The third kappa shape index (κ3) is 3.90. The first-order valence-electron chi connectivity index (χ1n) is 11.0. The van der Waals surface area contributed by atoms with Crippen LogP contribution in [0.3, 0.4) is 0 Å². The molecule has 1 aliphatic heterocycles. The van der Waals surface area contributed by atoms with E-state index in [0.29, 0.717) is 28.8 Å². The standard InChI is InChI=1S/C27H21BrIN3O2/c1-3-12-31-24-11-8-17(28)13-19(24)20(26(31)33)15-25-30-22-10-9-18(29)14-21(22)27(34)32(25)23-7-5-4-6-16(23)2/h4-11,13-15H,3,12H2,1-2H3/b20-15-. The van der Waals surface area contributed by atoms with Crippen LogP contribution >= 0.6 is 38.5 Å². The van der Waals surface area contributed by atoms with Crippen LogP contribution in [0.4, 0.5) is 5.69 Å². The molecule has 170 valence electrons. The molecule has 7 heteroatoms. The van der Waals surface area contributed by atoms with Gasteiger partial charge < -0.3 is 4.90 Å². The number of aryl methyl sites for hydroxylation is 1. The lowest BCUT2D eigenvalue weighted by Crippen LogP contribution is -2.27. The Morgan fingerprint density at radius 2 is 1.82 bits per heavy atom. The molecule has 34 heavy (non-hydrogen) atoms. The second-order valence-electron chi connectivity index (χ2n) is 8.23. The van der Waals surface area contributed by atoms with Gasteiger partial charge >= 0.3 is 0 Å². The molecular formula is C27H21BrIN3O2. The smallest absolute Gasteiger partial charge is 0.266 e. The predicted molar refractivity (Wildman–Crippen MR) is 149 cm³/mol. The molecule has 0 saturated heterocycles. The second kappa shape index (κ2) is 9.11. The highest BCUT2D eigenvalue weighted by Crippen LogP contribution is 2.39. The maximum absolute atomic E-state index is 13.8. The summed E-state index contributed by atoms with van der Waals surface area (Å²) in [4.78, 5) is 33.9. The van der Waals surface area contributed by atoms with Crippen LogP contribution in [-0.4, -0.2) is 22.0 Å². The number of rotatable bonds is 4. The van der Waals surface area contributed by atoms with E-state index in [1.54, 1.807) is 15.5 Å². The Bertz CT molecular complexity index is 1560. The van der Waals surface area contributed by atoms with Crippen molar-refractivity contribution in [2.75, 3.05) is 11.4 Å². The van der Waals surface area contributed by atoms with Crippen molar-refractivity contribution in [3.8, 4) is 5.69 Å². The highest BCUT2D eigenvalue weighted by Gasteiger charge is 2.32. The minimum atomic E-state index is -0.157. The molecule has 0 radical (unpaired) electrons. The van der Waals surface area contributed by atoms with Gasteiger partial charge in [0.05, 0.1) is 27.9 Å². The largest absolute Gasteiger partial charge is 0.308 e. The van der Waals surface area contributed by atoms with E-state index in [2.05, 4.69) is 45.4 Å². The molecule has 0 fully saturated rings. The number of benzene rings is 3. The first kappa shape index (κ1) is 23.0. The first-order chi connectivity index (χ1) is 16.4. The van der Waals surface area contributed by atoms with Crippen molar-refractivity contribution in [2.45, 2.75) is 20.3 Å². The van der Waals surface area contributed by atoms with Crippen molar-refractivity contribution in [1.82, 2.24) is 9.55 Å². The molecule has 1 aromatic heterocycles. The maximum Gasteiger partial charge on any atom is 0.266 e. The van der Waals surface area contributed by atoms with Crippen LogP contribution in [0.2, 0.25) is 0 Å². The van der Waals surface area contributed by atoms with Crippen LogP contribution in [0.1, 0.15) is 30.3 Å². The van der Waals surface area contributed by atoms with Gasteiger partial charge in [-0.05, 0) is 90.0 Å². The molecule has 4 aromatic rings. The molecule has 0 N–H and O–H groups in total. The third-order valence-electron chi connectivity index (χ3n) is 5.95. The van der Waals surface area contributed by atoms with E-state index in [1.165, 1.54) is 0 Å². The van der Waals surface area contributed by atoms with E-state index < -0.39 is 0 Å². The molecule has 5 nitrogen and oxygen atoms in total. The number of hydrogen-bond acceptors (Lipinski definition) is 3. The minimum absolute atomic E-state index is 0.0803. The Labute approximate surface area is 219 Å². The molecule has 2 heterocycles. The zero-order chi connectivity index (χ0) is 24.0. The van der Waals surface area contributed by atoms with E-state index in [1.807, 2.05) is 67.6 Å². The molecule has 0 spiro atoms. The summed E-state index contributed by atoms with van der Waals surface area (Å²) in [6.07, 6.45) is 2.60. The van der Waals surface area contributed by atoms with Crippen molar-refractivity contribution in [2.24, 2.45) is 0 Å². The maximum atomic E-state index is 13.8. The lowest BCUT2D eigenvalue weighted by Gasteiger charge is -2.16. The number of nitrogens with zero attached hydrogens (tertiary/aromatic N) is 3. The SMILES string of the molecule is CCCN1C(=O)/C(=C\c2nc3ccc(I)cc3c(=O)n2-c2ccccc2C)c2cc(Br)ccc21. The van der Waals surface area contributed by atoms with E-state index >= 15 is 0 Å². The van der Waals surface area contributed by atoms with Gasteiger partial charge in [0.15, 0.2) is 0 Å². The Balaban J connectivity index is 1.83. The number of anilines is 1. The third-order valence-corrected chi connectivity index (χ3v) is 7.11. The molecular weight excluding hydrogens is 605 g/mol. The lowest BCUT2D eigenvalue weighted by atomic mass is 10.1. The lowest BCUT2D eigenvalue weighted by molar-refractivity contribution is -0.113. The van der Waals surface area contributed by atoms with Crippen molar-refractivity contribution >= 4 is 72.7 Å². The van der Waals surface area contributed by atoms with Gasteiger partial charge in [0, 0.05) is 20.2 Å². The molecule has 0 unspecified atom stereocenters. The molecule has 3 aromatic carbocycles. The van der Waals surface area contributed by atoms with Crippen LogP contribution in [0.15, 0.2) is 69.9 Å². The Kier molecular flexibility index (Phi) is 6.16. The average Bonchev–Trinajstić information content (AvgIpc) is 3.06. The Hall–Kier alpha value is -2.78. The summed E-state index contributed by atoms with van der Waals surface area (Å²) >= 11 is 5.74. The van der Waals surface area contributed by atoms with Gasteiger partial charge in [-0.3, -0.25) is 14.2 Å². The molecule has 1 aliphatic rings. The van der Waals surface area contributed by atoms with Gasteiger partial charge in [0.25, 0.3) is 11.5 Å². The van der Waals surface area contributed by atoms with Gasteiger partial charge in [-0.2, -0.15) is 0 Å². The number of halogens is 2. The normalized spacial score (nSPS) is 14.3. The number of carbonyl (C=O) groups excluding carboxylic acids is 1. The second-order valence-corrected chi connectivity index (χ2v) is 10.4. The highest BCUT2D eigenvalue weighted by atomic mass is 127. The van der Waals surface area contributed by atoms with Crippen LogP contribution < -0.4 is 10.5 Å². The molecule has 1 amide bonds. The fraction of sp³-hybridized carbons (Fsp3) is 0.148. The predicted octanol–water partition coefficient (Wildman–Crippen LogP) is 6.36. The highest BCUT2D eigenvalue weighted by molar-refractivity contribution is 14.1. The molecule has 0 bridgehead atoms. The number of fused-ring (bicyclic) bond motifs is 2. The van der Waals surface area contributed by atoms with Crippen molar-refractivity contribution in [3.63, 3.8) is 0 Å². The Morgan fingerprint density at radius 1 is 1.03 bits per heavy atom. The molecule has 5 rings (SSSR count). The van der Waals surface area contributed by atoms with Crippen molar-refractivity contribution < 1.29 is 4.79 Å². The summed E-state index contributed by atoms with van der Waals surface area (Å²) in [6.45, 7) is 4.64. The van der Waals surface area contributed by atoms with E-state index in [9.17, 15) is 9.59 Å². The van der Waals surface area contributed by atoms with Gasteiger partial charge in [-0.15, -0.1) is 0 Å². The number of hydrogen-bond donors (Lipinski definition) is 0. The monoisotopic (exact) mass is 625 g/mol. The summed E-state index contributed by atoms with van der Waals surface area (Å²) in [7, 11) is 0. The molecule has 0 aliphatic carbocycles. The number of carbonyl (C=O) groups is 1. The van der Waals surface area contributed by atoms with Gasteiger partial charge in [0.1, 0.15) is 5.82 Å². The zero-order valence-electron chi connectivity index (χ0n) is 18.7. The number of aromatic nitrogens is 2. The Morgan fingerprint density at radius 3 is 2.59 bits per heavy atom. The van der Waals surface area contributed by atoms with Crippen molar-refractivity contribution in [3.05, 3.63) is 96.0 Å². The van der Waals surface area contributed by atoms with Crippen LogP contribution in [0.5, 0.6) is 0 Å². The van der Waals surface area contributed by atoms with Crippen LogP contribution in [0, 0.1) is 10.5 Å². The van der Waals surface area contributed by atoms with E-state index in [-0.39, 0.29) is 11.5 Å². The number of para-hydroxylation sites is 1. The van der Waals surface area contributed by atoms with Crippen LogP contribution in [-0.2, 0) is 4.79 Å². The van der Waals surface area contributed by atoms with E-state index in [0.717, 1.165) is 37.0 Å². The number of amides is 1. The summed E-state index contributed by atoms with van der Waals surface area (Å²) in [5, 5.41) is 0.547. The summed E-state index contributed by atoms with van der Waals surface area (Å²) in [5.41, 5.74) is 4.39. The first-order valence-corrected chi connectivity index (χ1v) is 12.9. The minimum Gasteiger partial charge on any atom is -0.308 e. The van der Waals surface area contributed by atoms with Crippen LogP contribution in [0.25, 0.3) is 28.2 Å². The topological polar surface area (TPSA) is 55.2 Å². The van der Waals surface area contributed by atoms with Crippen molar-refractivity contribution in [1.29, 1.82) is 0 Å². The van der Waals surface area contributed by atoms with E-state index in [4.69, 9.17) is 4.98 Å². The average molecular weight is 626 g/mol. The summed E-state index contributed by atoms with van der Waals surface area (Å²) < 4.78 is 3.47. The molecule has 0 saturated carbocycles. The fourth-order valence-corrected chi connectivity index (χ4v) is 5.21. The molecule has 0 atom stereocenters. The summed E-state index contributed by atoms with van der Waals surface area (Å²) in [5.74, 6) is 0.351. The fourth-order valence-electron chi connectivity index (χ4n) is 4.36. The quantitative estimate of drug-likeness (QED) is 0.196. The van der Waals surface area contributed by atoms with Gasteiger partial charge in [0.2, 0.25) is 0 Å². The summed E-state index contributed by atoms with van der Waals surface area (Å²) in [6, 6.07) is 19.2.